The van der Waals surface area contributed by atoms with E-state index in [2.05, 4.69) is 12.6 Å². The zero-order chi connectivity index (χ0) is 25.0. The lowest BCUT2D eigenvalue weighted by atomic mass is 10.0. The minimum atomic E-state index is -2.34. The first-order valence-corrected chi connectivity index (χ1v) is 17.6. The van der Waals surface area contributed by atoms with E-state index in [1.54, 1.807) is 21.3 Å². The van der Waals surface area contributed by atoms with E-state index in [0.29, 0.717) is 0 Å². The Morgan fingerprint density at radius 2 is 0.559 bits per heavy atom. The van der Waals surface area contributed by atoms with Crippen LogP contribution in [0.5, 0.6) is 0 Å². The number of hydrogen-bond donors (Lipinski definition) is 1. The summed E-state index contributed by atoms with van der Waals surface area (Å²) in [5.41, 5.74) is 0. The van der Waals surface area contributed by atoms with Gasteiger partial charge in [0.1, 0.15) is 0 Å². The van der Waals surface area contributed by atoms with Crippen molar-refractivity contribution in [2.75, 3.05) is 27.1 Å². The van der Waals surface area contributed by atoms with Crippen molar-refractivity contribution in [3.8, 4) is 0 Å². The van der Waals surface area contributed by atoms with Crippen molar-refractivity contribution in [3.63, 3.8) is 0 Å². The zero-order valence-corrected chi connectivity index (χ0v) is 25.5. The van der Waals surface area contributed by atoms with Crippen LogP contribution in [0.25, 0.3) is 0 Å². The van der Waals surface area contributed by atoms with Crippen LogP contribution >= 0.6 is 12.6 Å². The van der Waals surface area contributed by atoms with Gasteiger partial charge in [-0.15, -0.1) is 0 Å². The summed E-state index contributed by atoms with van der Waals surface area (Å²) in [7, 11) is 2.78. The van der Waals surface area contributed by atoms with E-state index in [-0.39, 0.29) is 0 Å². The van der Waals surface area contributed by atoms with Crippen LogP contribution in [0.15, 0.2) is 0 Å². The Labute approximate surface area is 221 Å². The van der Waals surface area contributed by atoms with Crippen molar-refractivity contribution in [3.05, 3.63) is 0 Å². The Kier molecular flexibility index (Phi) is 28.4. The number of rotatable bonds is 29. The van der Waals surface area contributed by atoms with E-state index in [1.165, 1.54) is 148 Å². The molecular formula is C29H62O3SSi. The second kappa shape index (κ2) is 28.0. The number of thiol groups is 1. The molecule has 0 saturated heterocycles. The molecule has 0 aliphatic heterocycles. The Morgan fingerprint density at radius 3 is 0.765 bits per heavy atom. The fourth-order valence-corrected chi connectivity index (χ4v) is 6.92. The molecule has 0 fully saturated rings. The second-order valence-electron chi connectivity index (χ2n) is 10.3. The van der Waals surface area contributed by atoms with Gasteiger partial charge < -0.3 is 13.3 Å². The van der Waals surface area contributed by atoms with Gasteiger partial charge in [0.05, 0.1) is 0 Å². The highest BCUT2D eigenvalue weighted by molar-refractivity contribution is 7.80. The van der Waals surface area contributed by atoms with Crippen LogP contribution in [-0.4, -0.2) is 35.9 Å². The van der Waals surface area contributed by atoms with E-state index in [0.717, 1.165) is 18.2 Å². The summed E-state index contributed by atoms with van der Waals surface area (Å²) < 4.78 is 16.5. The number of unbranched alkanes of at least 4 members (excludes halogenated alkanes) is 23. The molecule has 3 nitrogen and oxygen atoms in total. The molecule has 0 saturated carbocycles. The first-order valence-electron chi connectivity index (χ1n) is 15.0. The molecule has 0 aromatic heterocycles. The first-order chi connectivity index (χ1) is 16.7. The minimum Gasteiger partial charge on any atom is -0.377 e. The Bertz CT molecular complexity index is 372. The molecule has 5 heteroatoms. The van der Waals surface area contributed by atoms with Crippen LogP contribution in [0.2, 0.25) is 6.04 Å². The highest BCUT2D eigenvalue weighted by atomic mass is 32.1. The van der Waals surface area contributed by atoms with Gasteiger partial charge in [0.15, 0.2) is 0 Å². The van der Waals surface area contributed by atoms with Crippen LogP contribution in [0.1, 0.15) is 154 Å². The fraction of sp³-hybridized carbons (Fsp3) is 1.00. The molecule has 0 aliphatic carbocycles. The van der Waals surface area contributed by atoms with Crippen LogP contribution in [0.4, 0.5) is 0 Å². The molecule has 0 atom stereocenters. The maximum absolute atomic E-state index is 5.48. The van der Waals surface area contributed by atoms with Crippen molar-refractivity contribution < 1.29 is 13.3 Å². The lowest BCUT2D eigenvalue weighted by Gasteiger charge is -2.24. The van der Waals surface area contributed by atoms with Gasteiger partial charge in [-0.3, -0.25) is 0 Å². The van der Waals surface area contributed by atoms with Gasteiger partial charge in [0.25, 0.3) is 0 Å². The Hall–Kier alpha value is 0.447. The molecule has 0 amide bonds. The molecule has 0 aromatic rings. The second-order valence-corrected chi connectivity index (χ2v) is 13.8. The van der Waals surface area contributed by atoms with Gasteiger partial charge in [-0.2, -0.15) is 12.6 Å². The lowest BCUT2D eigenvalue weighted by molar-refractivity contribution is 0.122. The summed E-state index contributed by atoms with van der Waals surface area (Å²) in [6.45, 7) is 0. The molecule has 0 N–H and O–H groups in total. The summed E-state index contributed by atoms with van der Waals surface area (Å²) in [6, 6.07) is 0.939. The summed E-state index contributed by atoms with van der Waals surface area (Å²) in [4.78, 5) is 0. The van der Waals surface area contributed by atoms with E-state index in [4.69, 9.17) is 13.3 Å². The third kappa shape index (κ3) is 22.9. The summed E-state index contributed by atoms with van der Waals surface area (Å²) in [5, 5.41) is 0. The maximum atomic E-state index is 5.48. The molecule has 0 spiro atoms. The Balaban J connectivity index is 3.14. The van der Waals surface area contributed by atoms with Gasteiger partial charge in [-0.1, -0.05) is 141 Å². The van der Waals surface area contributed by atoms with Gasteiger partial charge in [0.2, 0.25) is 0 Å². The van der Waals surface area contributed by atoms with E-state index in [1.807, 2.05) is 0 Å². The summed E-state index contributed by atoms with van der Waals surface area (Å²) >= 11 is 4.28. The summed E-state index contributed by atoms with van der Waals surface area (Å²) in [6.07, 6.45) is 33.9. The van der Waals surface area contributed by atoms with Crippen molar-refractivity contribution in [2.24, 2.45) is 0 Å². The fourth-order valence-electron chi connectivity index (χ4n) is 4.90. The van der Waals surface area contributed by atoms with E-state index in [9.17, 15) is 0 Å². The van der Waals surface area contributed by atoms with Crippen LogP contribution in [-0.2, 0) is 13.3 Å². The molecule has 0 aliphatic rings. The standard InChI is InChI=1S/C29H62O3SSi/c1-30-34(31-2,32-3)29-27-25-23-21-19-17-15-13-11-9-7-5-4-6-8-10-12-14-16-18-20-22-24-26-28-33/h33H,4-29H2,1-3H3. The van der Waals surface area contributed by atoms with Crippen molar-refractivity contribution in [2.45, 2.75) is 160 Å². The van der Waals surface area contributed by atoms with Crippen molar-refractivity contribution in [1.29, 1.82) is 0 Å². The predicted octanol–water partition coefficient (Wildman–Crippen LogP) is 10.2. The normalized spacial score (nSPS) is 12.0. The van der Waals surface area contributed by atoms with Gasteiger partial charge in [-0.25, -0.2) is 0 Å². The van der Waals surface area contributed by atoms with Crippen molar-refractivity contribution >= 4 is 21.4 Å². The van der Waals surface area contributed by atoms with Crippen LogP contribution < -0.4 is 0 Å². The largest absolute Gasteiger partial charge is 0.500 e. The molecule has 0 rings (SSSR count). The minimum absolute atomic E-state index is 0.939. The third-order valence-corrected chi connectivity index (χ3v) is 10.5. The molecule has 0 unspecified atom stereocenters. The maximum Gasteiger partial charge on any atom is 0.500 e. The average molecular weight is 519 g/mol. The monoisotopic (exact) mass is 518 g/mol. The molecule has 0 bridgehead atoms. The van der Waals surface area contributed by atoms with Crippen molar-refractivity contribution in [1.82, 2.24) is 0 Å². The quantitative estimate of drug-likeness (QED) is 0.0606. The Morgan fingerprint density at radius 1 is 0.353 bits per heavy atom. The molecule has 0 radical (unpaired) electrons. The first kappa shape index (κ1) is 34.4. The van der Waals surface area contributed by atoms with Gasteiger partial charge in [-0.05, 0) is 18.6 Å². The highest BCUT2D eigenvalue weighted by Crippen LogP contribution is 2.19. The number of hydrogen-bond acceptors (Lipinski definition) is 4. The molecular weight excluding hydrogens is 456 g/mol. The predicted molar refractivity (Wildman–Crippen MR) is 156 cm³/mol. The SMILES string of the molecule is CO[Si](CCCCCCCCCCCCCCCCCCCCCCCCCCS)(OC)OC. The zero-order valence-electron chi connectivity index (χ0n) is 23.6. The highest BCUT2D eigenvalue weighted by Gasteiger charge is 2.36. The van der Waals surface area contributed by atoms with Crippen LogP contribution in [0, 0.1) is 0 Å². The third-order valence-electron chi connectivity index (χ3n) is 7.32. The lowest BCUT2D eigenvalue weighted by Crippen LogP contribution is -2.42. The smallest absolute Gasteiger partial charge is 0.377 e. The van der Waals surface area contributed by atoms with Crippen LogP contribution in [0.3, 0.4) is 0 Å². The molecule has 0 heterocycles. The molecule has 0 aromatic carbocycles. The van der Waals surface area contributed by atoms with Gasteiger partial charge in [0, 0.05) is 27.4 Å². The molecule has 206 valence electrons. The molecule has 34 heavy (non-hydrogen) atoms. The van der Waals surface area contributed by atoms with Gasteiger partial charge >= 0.3 is 8.80 Å². The summed E-state index contributed by atoms with van der Waals surface area (Å²) in [5.74, 6) is 1.06. The van der Waals surface area contributed by atoms with E-state index < -0.39 is 8.80 Å². The van der Waals surface area contributed by atoms with E-state index >= 15 is 0 Å². The average Bonchev–Trinajstić information content (AvgIpc) is 2.86. The topological polar surface area (TPSA) is 27.7 Å².